The number of ether oxygens (including phenoxy) is 1. The normalized spacial score (nSPS) is 11.7. The van der Waals surface area contributed by atoms with Gasteiger partial charge in [0, 0.05) is 12.3 Å². The fourth-order valence-corrected chi connectivity index (χ4v) is 4.18. The topological polar surface area (TPSA) is 69.6 Å². The van der Waals surface area contributed by atoms with Gasteiger partial charge in [-0.3, -0.25) is 9.20 Å². The standard InChI is InChI=1S/C21H16F3N3O2S/c22-21(23,24)14-5-3-4-13(8-14)12-29-16-9-17(30-18(16)10-19(25)28)15-11-26-20-6-1-2-7-27(15)20/h1-9,11H,10,12H2,(H2,25,28). The minimum atomic E-state index is -4.42. The van der Waals surface area contributed by atoms with Crippen molar-refractivity contribution < 1.29 is 22.7 Å². The number of carbonyl (C=O) groups is 1. The van der Waals surface area contributed by atoms with Crippen LogP contribution in [0.4, 0.5) is 13.2 Å². The van der Waals surface area contributed by atoms with Gasteiger partial charge in [-0.2, -0.15) is 13.2 Å². The number of amides is 1. The molecule has 3 heterocycles. The fraction of sp³-hybridized carbons (Fsp3) is 0.143. The summed E-state index contributed by atoms with van der Waals surface area (Å²) >= 11 is 1.34. The van der Waals surface area contributed by atoms with Crippen LogP contribution in [0.25, 0.3) is 16.2 Å². The van der Waals surface area contributed by atoms with E-state index in [0.29, 0.717) is 16.2 Å². The van der Waals surface area contributed by atoms with E-state index in [2.05, 4.69) is 4.98 Å². The molecule has 0 bridgehead atoms. The number of primary amides is 1. The maximum atomic E-state index is 12.9. The lowest BCUT2D eigenvalue weighted by Gasteiger charge is -2.10. The number of aromatic nitrogens is 2. The Bertz CT molecular complexity index is 1210. The number of alkyl halides is 3. The SMILES string of the molecule is NC(=O)Cc1sc(-c2cnc3ccccn23)cc1OCc1cccc(C(F)(F)F)c1. The van der Waals surface area contributed by atoms with E-state index in [0.717, 1.165) is 28.4 Å². The molecule has 4 rings (SSSR count). The van der Waals surface area contributed by atoms with Gasteiger partial charge in [0.05, 0.1) is 33.6 Å². The van der Waals surface area contributed by atoms with E-state index in [1.54, 1.807) is 18.3 Å². The molecule has 0 fully saturated rings. The molecule has 1 amide bonds. The van der Waals surface area contributed by atoms with Crippen molar-refractivity contribution in [1.82, 2.24) is 9.38 Å². The lowest BCUT2D eigenvalue weighted by molar-refractivity contribution is -0.137. The smallest absolute Gasteiger partial charge is 0.416 e. The highest BCUT2D eigenvalue weighted by atomic mass is 32.1. The number of benzene rings is 1. The minimum absolute atomic E-state index is 0.0284. The molecule has 0 aliphatic carbocycles. The minimum Gasteiger partial charge on any atom is -0.488 e. The number of rotatable bonds is 6. The van der Waals surface area contributed by atoms with Gasteiger partial charge in [-0.05, 0) is 29.8 Å². The van der Waals surface area contributed by atoms with Gasteiger partial charge in [0.15, 0.2) is 0 Å². The molecule has 0 aliphatic rings. The predicted octanol–water partition coefficient (Wildman–Crippen LogP) is 4.69. The van der Waals surface area contributed by atoms with Crippen LogP contribution >= 0.6 is 11.3 Å². The number of thiophene rings is 1. The fourth-order valence-electron chi connectivity index (χ4n) is 3.06. The number of halogens is 3. The zero-order valence-corrected chi connectivity index (χ0v) is 16.3. The lowest BCUT2D eigenvalue weighted by Crippen LogP contribution is -2.13. The van der Waals surface area contributed by atoms with Crippen molar-refractivity contribution in [2.24, 2.45) is 5.73 Å². The summed E-state index contributed by atoms with van der Waals surface area (Å²) in [5, 5.41) is 0. The molecule has 0 aliphatic heterocycles. The molecule has 3 aromatic heterocycles. The summed E-state index contributed by atoms with van der Waals surface area (Å²) in [5.74, 6) is -0.109. The third-order valence-corrected chi connectivity index (χ3v) is 5.56. The van der Waals surface area contributed by atoms with Crippen molar-refractivity contribution in [2.45, 2.75) is 19.2 Å². The van der Waals surface area contributed by atoms with Crippen molar-refractivity contribution in [1.29, 1.82) is 0 Å². The van der Waals surface area contributed by atoms with Crippen molar-refractivity contribution in [3.63, 3.8) is 0 Å². The first-order valence-electron chi connectivity index (χ1n) is 8.93. The lowest BCUT2D eigenvalue weighted by atomic mass is 10.1. The number of nitrogens with zero attached hydrogens (tertiary/aromatic N) is 2. The summed E-state index contributed by atoms with van der Waals surface area (Å²) in [4.78, 5) is 17.3. The largest absolute Gasteiger partial charge is 0.488 e. The highest BCUT2D eigenvalue weighted by Crippen LogP contribution is 2.37. The molecule has 4 aromatic rings. The Morgan fingerprint density at radius 2 is 2.00 bits per heavy atom. The van der Waals surface area contributed by atoms with Crippen LogP contribution in [0.2, 0.25) is 0 Å². The summed E-state index contributed by atoms with van der Waals surface area (Å²) in [5.41, 5.74) is 6.57. The zero-order valence-electron chi connectivity index (χ0n) is 15.5. The van der Waals surface area contributed by atoms with Crippen molar-refractivity contribution >= 4 is 22.9 Å². The number of carbonyl (C=O) groups excluding carboxylic acids is 1. The maximum absolute atomic E-state index is 12.9. The quantitative estimate of drug-likeness (QED) is 0.482. The Labute approximate surface area is 173 Å². The Kier molecular flexibility index (Phi) is 5.21. The molecule has 154 valence electrons. The van der Waals surface area contributed by atoms with Crippen LogP contribution in [0, 0.1) is 0 Å². The van der Waals surface area contributed by atoms with Crippen LogP contribution in [-0.2, 0) is 24.0 Å². The van der Waals surface area contributed by atoms with Crippen molar-refractivity contribution in [2.75, 3.05) is 0 Å². The number of imidazole rings is 1. The number of hydrogen-bond acceptors (Lipinski definition) is 4. The van der Waals surface area contributed by atoms with Gasteiger partial charge < -0.3 is 10.5 Å². The number of nitrogens with two attached hydrogens (primary N) is 1. The van der Waals surface area contributed by atoms with E-state index < -0.39 is 17.6 Å². The number of fused-ring (bicyclic) bond motifs is 1. The molecule has 0 saturated heterocycles. The van der Waals surface area contributed by atoms with Crippen LogP contribution in [0.15, 0.2) is 60.9 Å². The highest BCUT2D eigenvalue weighted by Gasteiger charge is 2.30. The third kappa shape index (κ3) is 4.16. The monoisotopic (exact) mass is 431 g/mol. The predicted molar refractivity (Wildman–Crippen MR) is 107 cm³/mol. The van der Waals surface area contributed by atoms with Gasteiger partial charge in [-0.15, -0.1) is 11.3 Å². The summed E-state index contributed by atoms with van der Waals surface area (Å²) in [7, 11) is 0. The van der Waals surface area contributed by atoms with Gasteiger partial charge >= 0.3 is 6.18 Å². The molecular weight excluding hydrogens is 415 g/mol. The van der Waals surface area contributed by atoms with Crippen LogP contribution in [0.3, 0.4) is 0 Å². The second-order valence-electron chi connectivity index (χ2n) is 6.60. The van der Waals surface area contributed by atoms with Gasteiger partial charge in [-0.25, -0.2) is 4.98 Å². The molecule has 2 N–H and O–H groups in total. The Morgan fingerprint density at radius 1 is 1.17 bits per heavy atom. The van der Waals surface area contributed by atoms with Gasteiger partial charge in [0.25, 0.3) is 0 Å². The average Bonchev–Trinajstić information content (AvgIpc) is 3.29. The van der Waals surface area contributed by atoms with Crippen LogP contribution in [-0.4, -0.2) is 15.3 Å². The third-order valence-electron chi connectivity index (χ3n) is 4.42. The maximum Gasteiger partial charge on any atom is 0.416 e. The van der Waals surface area contributed by atoms with Crippen molar-refractivity contribution in [3.05, 3.63) is 76.9 Å². The summed E-state index contributed by atoms with van der Waals surface area (Å²) in [6.07, 6.45) is -0.870. The van der Waals surface area contributed by atoms with Crippen LogP contribution in [0.1, 0.15) is 16.0 Å². The Morgan fingerprint density at radius 3 is 2.77 bits per heavy atom. The molecule has 0 spiro atoms. The van der Waals surface area contributed by atoms with E-state index in [1.807, 2.05) is 28.8 Å². The summed E-state index contributed by atoms with van der Waals surface area (Å²) in [6.45, 7) is -0.0704. The molecule has 0 atom stereocenters. The van der Waals surface area contributed by atoms with E-state index in [9.17, 15) is 18.0 Å². The molecule has 30 heavy (non-hydrogen) atoms. The first kappa shape index (κ1) is 20.0. The Hall–Kier alpha value is -3.33. The molecule has 5 nitrogen and oxygen atoms in total. The van der Waals surface area contributed by atoms with Crippen molar-refractivity contribution in [3.8, 4) is 16.3 Å². The average molecular weight is 431 g/mol. The summed E-state index contributed by atoms with van der Waals surface area (Å²) < 4.78 is 46.5. The van der Waals surface area contributed by atoms with Gasteiger partial charge in [-0.1, -0.05) is 18.2 Å². The van der Waals surface area contributed by atoms with Gasteiger partial charge in [0.1, 0.15) is 18.0 Å². The van der Waals surface area contributed by atoms with Gasteiger partial charge in [0.2, 0.25) is 5.91 Å². The van der Waals surface area contributed by atoms with E-state index in [-0.39, 0.29) is 13.0 Å². The second-order valence-corrected chi connectivity index (χ2v) is 7.74. The molecule has 1 aromatic carbocycles. The molecule has 9 heteroatoms. The molecule has 0 unspecified atom stereocenters. The molecule has 0 saturated carbocycles. The van der Waals surface area contributed by atoms with E-state index in [4.69, 9.17) is 10.5 Å². The van der Waals surface area contributed by atoms with Crippen LogP contribution in [0.5, 0.6) is 5.75 Å². The Balaban J connectivity index is 1.63. The summed E-state index contributed by atoms with van der Waals surface area (Å²) in [6, 6.07) is 12.3. The number of hydrogen-bond donors (Lipinski definition) is 1. The first-order valence-corrected chi connectivity index (χ1v) is 9.75. The number of pyridine rings is 1. The van der Waals surface area contributed by atoms with E-state index in [1.165, 1.54) is 17.4 Å². The zero-order chi connectivity index (χ0) is 21.3. The molecular formula is C21H16F3N3O2S. The highest BCUT2D eigenvalue weighted by molar-refractivity contribution is 7.15. The van der Waals surface area contributed by atoms with E-state index >= 15 is 0 Å². The molecule has 0 radical (unpaired) electrons. The first-order chi connectivity index (χ1) is 14.3. The second kappa shape index (κ2) is 7.83. The van der Waals surface area contributed by atoms with Crippen LogP contribution < -0.4 is 10.5 Å².